The molecule has 0 aromatic heterocycles. The van der Waals surface area contributed by atoms with Crippen molar-refractivity contribution in [3.63, 3.8) is 0 Å². The third-order valence-electron chi connectivity index (χ3n) is 3.45. The van der Waals surface area contributed by atoms with Gasteiger partial charge in [-0.1, -0.05) is 19.1 Å². The first-order valence-corrected chi connectivity index (χ1v) is 7.33. The summed E-state index contributed by atoms with van der Waals surface area (Å²) in [4.78, 5) is 23.7. The normalized spacial score (nSPS) is 15.5. The van der Waals surface area contributed by atoms with E-state index in [9.17, 15) is 9.59 Å². The second-order valence-electron chi connectivity index (χ2n) is 5.02. The van der Waals surface area contributed by atoms with Gasteiger partial charge in [0, 0.05) is 25.7 Å². The lowest BCUT2D eigenvalue weighted by atomic mass is 10.1. The molecule has 0 saturated carbocycles. The Hall–Kier alpha value is -1.88. The van der Waals surface area contributed by atoms with E-state index in [1.165, 1.54) is 0 Å². The highest BCUT2D eigenvalue weighted by Crippen LogP contribution is 2.19. The molecule has 114 valence electrons. The number of amides is 1. The van der Waals surface area contributed by atoms with Gasteiger partial charge in [-0.05, 0) is 25.0 Å². The average molecular weight is 291 g/mol. The number of ketones is 1. The van der Waals surface area contributed by atoms with Gasteiger partial charge in [0.2, 0.25) is 0 Å². The molecule has 1 aromatic carbocycles. The van der Waals surface area contributed by atoms with E-state index in [-0.39, 0.29) is 24.3 Å². The molecule has 5 heteroatoms. The van der Waals surface area contributed by atoms with Gasteiger partial charge in [0.1, 0.15) is 5.75 Å². The van der Waals surface area contributed by atoms with Gasteiger partial charge >= 0.3 is 0 Å². The molecule has 0 unspecified atom stereocenters. The van der Waals surface area contributed by atoms with Crippen LogP contribution < -0.4 is 10.1 Å². The van der Waals surface area contributed by atoms with E-state index >= 15 is 0 Å². The fraction of sp³-hybridized carbons (Fsp3) is 0.500. The predicted octanol–water partition coefficient (Wildman–Crippen LogP) is 1.95. The maximum absolute atomic E-state index is 11.9. The van der Waals surface area contributed by atoms with Gasteiger partial charge < -0.3 is 14.8 Å². The summed E-state index contributed by atoms with van der Waals surface area (Å²) < 4.78 is 10.7. The molecular formula is C16H21NO4. The minimum atomic E-state index is -0.166. The lowest BCUT2D eigenvalue weighted by Crippen LogP contribution is -2.41. The van der Waals surface area contributed by atoms with E-state index in [1.54, 1.807) is 31.2 Å². The number of ether oxygens (including phenoxy) is 2. The minimum Gasteiger partial charge on any atom is -0.483 e. The summed E-state index contributed by atoms with van der Waals surface area (Å²) in [6, 6.07) is 7.17. The van der Waals surface area contributed by atoms with Crippen LogP contribution in [-0.4, -0.2) is 37.6 Å². The number of carbonyl (C=O) groups is 2. The van der Waals surface area contributed by atoms with Crippen molar-refractivity contribution in [2.45, 2.75) is 32.2 Å². The van der Waals surface area contributed by atoms with Crippen LogP contribution >= 0.6 is 0 Å². The molecule has 21 heavy (non-hydrogen) atoms. The quantitative estimate of drug-likeness (QED) is 0.814. The Balaban J connectivity index is 1.87. The maximum Gasteiger partial charge on any atom is 0.258 e. The van der Waals surface area contributed by atoms with Crippen molar-refractivity contribution in [3.8, 4) is 5.75 Å². The summed E-state index contributed by atoms with van der Waals surface area (Å²) >= 11 is 0. The van der Waals surface area contributed by atoms with Gasteiger partial charge in [0.25, 0.3) is 5.91 Å². The molecule has 0 atom stereocenters. The van der Waals surface area contributed by atoms with Gasteiger partial charge in [-0.25, -0.2) is 0 Å². The first-order chi connectivity index (χ1) is 10.2. The van der Waals surface area contributed by atoms with Crippen LogP contribution in [-0.2, 0) is 9.53 Å². The lowest BCUT2D eigenvalue weighted by Gasteiger charge is -2.23. The highest BCUT2D eigenvalue weighted by Gasteiger charge is 2.17. The Morgan fingerprint density at radius 2 is 2.00 bits per heavy atom. The van der Waals surface area contributed by atoms with Crippen molar-refractivity contribution >= 4 is 11.7 Å². The topological polar surface area (TPSA) is 64.6 Å². The molecule has 1 amide bonds. The SMILES string of the molecule is CCC(=O)c1ccccc1OCC(=O)NC1CCOCC1. The van der Waals surface area contributed by atoms with Crippen LogP contribution in [0, 0.1) is 0 Å². The monoisotopic (exact) mass is 291 g/mol. The zero-order chi connectivity index (χ0) is 15.1. The molecule has 1 aliphatic heterocycles. The molecule has 1 N–H and O–H groups in total. The van der Waals surface area contributed by atoms with E-state index in [0.29, 0.717) is 30.9 Å². The summed E-state index contributed by atoms with van der Waals surface area (Å²) in [6.45, 7) is 3.08. The van der Waals surface area contributed by atoms with Gasteiger partial charge in [0.15, 0.2) is 12.4 Å². The Morgan fingerprint density at radius 3 is 2.71 bits per heavy atom. The third-order valence-corrected chi connectivity index (χ3v) is 3.45. The zero-order valence-corrected chi connectivity index (χ0v) is 12.3. The largest absolute Gasteiger partial charge is 0.483 e. The predicted molar refractivity (Wildman–Crippen MR) is 78.5 cm³/mol. The van der Waals surface area contributed by atoms with E-state index in [0.717, 1.165) is 12.8 Å². The first kappa shape index (κ1) is 15.5. The molecule has 0 bridgehead atoms. The summed E-state index contributed by atoms with van der Waals surface area (Å²) in [5.41, 5.74) is 0.527. The van der Waals surface area contributed by atoms with Crippen LogP contribution in [0.1, 0.15) is 36.5 Å². The number of para-hydroxylation sites is 1. The lowest BCUT2D eigenvalue weighted by molar-refractivity contribution is -0.124. The van der Waals surface area contributed by atoms with Crippen molar-refractivity contribution in [2.75, 3.05) is 19.8 Å². The molecular weight excluding hydrogens is 270 g/mol. The van der Waals surface area contributed by atoms with Gasteiger partial charge in [0.05, 0.1) is 5.56 Å². The molecule has 1 fully saturated rings. The number of nitrogens with one attached hydrogen (secondary N) is 1. The number of rotatable bonds is 6. The molecule has 0 aliphatic carbocycles. The first-order valence-electron chi connectivity index (χ1n) is 7.33. The van der Waals surface area contributed by atoms with Crippen LogP contribution in [0.15, 0.2) is 24.3 Å². The second kappa shape index (κ2) is 7.78. The number of hydrogen-bond donors (Lipinski definition) is 1. The smallest absolute Gasteiger partial charge is 0.258 e. The Labute approximate surface area is 124 Å². The zero-order valence-electron chi connectivity index (χ0n) is 12.3. The van der Waals surface area contributed by atoms with Gasteiger partial charge in [-0.3, -0.25) is 9.59 Å². The standard InChI is InChI=1S/C16H21NO4/c1-2-14(18)13-5-3-4-6-15(13)21-11-16(19)17-12-7-9-20-10-8-12/h3-6,12H,2,7-11H2,1H3,(H,17,19). The fourth-order valence-corrected chi connectivity index (χ4v) is 2.27. The third kappa shape index (κ3) is 4.56. The van der Waals surface area contributed by atoms with Crippen LogP contribution in [0.5, 0.6) is 5.75 Å². The van der Waals surface area contributed by atoms with Crippen LogP contribution in [0.2, 0.25) is 0 Å². The summed E-state index contributed by atoms with van der Waals surface area (Å²) in [5.74, 6) is 0.308. The highest BCUT2D eigenvalue weighted by atomic mass is 16.5. The van der Waals surface area contributed by atoms with Crippen molar-refractivity contribution < 1.29 is 19.1 Å². The van der Waals surface area contributed by atoms with Crippen molar-refractivity contribution in [3.05, 3.63) is 29.8 Å². The molecule has 1 aliphatic rings. The highest BCUT2D eigenvalue weighted by molar-refractivity contribution is 5.98. The number of carbonyl (C=O) groups excluding carboxylic acids is 2. The molecule has 0 radical (unpaired) electrons. The van der Waals surface area contributed by atoms with E-state index in [1.807, 2.05) is 0 Å². The maximum atomic E-state index is 11.9. The summed E-state index contributed by atoms with van der Waals surface area (Å²) in [5, 5.41) is 2.92. The molecule has 2 rings (SSSR count). The van der Waals surface area contributed by atoms with E-state index in [4.69, 9.17) is 9.47 Å². The minimum absolute atomic E-state index is 0.00966. The number of Topliss-reactive ketones (excluding diaryl/α,β-unsaturated/α-hetero) is 1. The molecule has 1 heterocycles. The summed E-state index contributed by atoms with van der Waals surface area (Å²) in [7, 11) is 0. The van der Waals surface area contributed by atoms with E-state index < -0.39 is 0 Å². The van der Waals surface area contributed by atoms with Gasteiger partial charge in [-0.2, -0.15) is 0 Å². The van der Waals surface area contributed by atoms with Crippen molar-refractivity contribution in [2.24, 2.45) is 0 Å². The second-order valence-corrected chi connectivity index (χ2v) is 5.02. The Kier molecular flexibility index (Phi) is 5.75. The molecule has 0 spiro atoms. The molecule has 1 saturated heterocycles. The van der Waals surface area contributed by atoms with E-state index in [2.05, 4.69) is 5.32 Å². The van der Waals surface area contributed by atoms with Crippen LogP contribution in [0.3, 0.4) is 0 Å². The van der Waals surface area contributed by atoms with Crippen molar-refractivity contribution in [1.82, 2.24) is 5.32 Å². The molecule has 1 aromatic rings. The molecule has 5 nitrogen and oxygen atoms in total. The fourth-order valence-electron chi connectivity index (χ4n) is 2.27. The van der Waals surface area contributed by atoms with Crippen LogP contribution in [0.25, 0.3) is 0 Å². The summed E-state index contributed by atoms with van der Waals surface area (Å²) in [6.07, 6.45) is 2.07. The van der Waals surface area contributed by atoms with Crippen molar-refractivity contribution in [1.29, 1.82) is 0 Å². The number of hydrogen-bond acceptors (Lipinski definition) is 4. The average Bonchev–Trinajstić information content (AvgIpc) is 2.53. The Bertz CT molecular complexity index is 495. The van der Waals surface area contributed by atoms with Gasteiger partial charge in [-0.15, -0.1) is 0 Å². The Morgan fingerprint density at radius 1 is 1.29 bits per heavy atom. The van der Waals surface area contributed by atoms with Crippen LogP contribution in [0.4, 0.5) is 0 Å². The number of benzene rings is 1.